The van der Waals surface area contributed by atoms with Crippen molar-refractivity contribution in [3.8, 4) is 0 Å². The third-order valence-electron chi connectivity index (χ3n) is 2.97. The molecule has 0 aliphatic carbocycles. The van der Waals surface area contributed by atoms with E-state index in [1.807, 2.05) is 0 Å². The van der Waals surface area contributed by atoms with Crippen LogP contribution >= 0.6 is 0 Å². The lowest BCUT2D eigenvalue weighted by atomic mass is 10.2. The Kier molecular flexibility index (Phi) is 3.56. The third-order valence-corrected chi connectivity index (χ3v) is 2.97. The average molecular weight is 234 g/mol. The van der Waals surface area contributed by atoms with Crippen molar-refractivity contribution in [3.05, 3.63) is 22.9 Å². The molecular formula is C12H18N4O. The summed E-state index contributed by atoms with van der Waals surface area (Å²) in [4.78, 5) is 16.3. The number of hydrogen-bond acceptors (Lipinski definition) is 3. The Bertz CT molecular complexity index is 555. The summed E-state index contributed by atoms with van der Waals surface area (Å²) >= 11 is 0. The normalized spacial score (nSPS) is 11.2. The lowest BCUT2D eigenvalue weighted by Gasteiger charge is -2.04. The Labute approximate surface area is 100 Å². The van der Waals surface area contributed by atoms with Crippen LogP contribution < -0.4 is 5.56 Å². The second-order valence-electron chi connectivity index (χ2n) is 4.31. The summed E-state index contributed by atoms with van der Waals surface area (Å²) in [5.74, 6) is 0. The Balaban J connectivity index is 2.18. The van der Waals surface area contributed by atoms with E-state index < -0.39 is 0 Å². The van der Waals surface area contributed by atoms with Gasteiger partial charge in [0.1, 0.15) is 5.39 Å². The minimum Gasteiger partial charge on any atom is -0.299 e. The summed E-state index contributed by atoms with van der Waals surface area (Å²) in [6.45, 7) is 2.92. The van der Waals surface area contributed by atoms with E-state index in [4.69, 9.17) is 0 Å². The average Bonchev–Trinajstić information content (AvgIpc) is 2.70. The van der Waals surface area contributed by atoms with Gasteiger partial charge < -0.3 is 0 Å². The molecule has 0 unspecified atom stereocenters. The number of aryl methyl sites for hydroxylation is 2. The first-order valence-corrected chi connectivity index (χ1v) is 6.11. The number of nitrogens with zero attached hydrogens (tertiary/aromatic N) is 4. The highest BCUT2D eigenvalue weighted by Crippen LogP contribution is 2.05. The lowest BCUT2D eigenvalue weighted by molar-refractivity contribution is 0.567. The largest absolute Gasteiger partial charge is 0.299 e. The van der Waals surface area contributed by atoms with Gasteiger partial charge in [0.05, 0.1) is 12.5 Å². The molecule has 92 valence electrons. The fraction of sp³-hybridized carbons (Fsp3) is 0.583. The van der Waals surface area contributed by atoms with Gasteiger partial charge in [0.25, 0.3) is 5.56 Å². The maximum Gasteiger partial charge on any atom is 0.264 e. The fourth-order valence-electron chi connectivity index (χ4n) is 1.93. The molecular weight excluding hydrogens is 216 g/mol. The number of unbranched alkanes of at least 4 members (excludes halogenated alkanes) is 3. The lowest BCUT2D eigenvalue weighted by Crippen LogP contribution is -2.20. The first-order chi connectivity index (χ1) is 8.24. The molecule has 0 aliphatic rings. The van der Waals surface area contributed by atoms with Crippen molar-refractivity contribution >= 4 is 11.0 Å². The van der Waals surface area contributed by atoms with Crippen molar-refractivity contribution in [3.63, 3.8) is 0 Å². The highest BCUT2D eigenvalue weighted by atomic mass is 16.1. The van der Waals surface area contributed by atoms with Crippen LogP contribution in [0.15, 0.2) is 17.3 Å². The Morgan fingerprint density at radius 3 is 2.88 bits per heavy atom. The fourth-order valence-corrected chi connectivity index (χ4v) is 1.93. The molecule has 0 N–H and O–H groups in total. The Morgan fingerprint density at radius 2 is 2.12 bits per heavy atom. The number of aromatic nitrogens is 4. The number of fused-ring (bicyclic) bond motifs is 1. The van der Waals surface area contributed by atoms with Gasteiger partial charge in [-0.05, 0) is 6.42 Å². The van der Waals surface area contributed by atoms with Crippen molar-refractivity contribution in [1.29, 1.82) is 0 Å². The third kappa shape index (κ3) is 2.38. The van der Waals surface area contributed by atoms with Crippen molar-refractivity contribution in [2.75, 3.05) is 0 Å². The molecule has 2 rings (SSSR count). The second-order valence-corrected chi connectivity index (χ2v) is 4.31. The molecule has 0 fully saturated rings. The van der Waals surface area contributed by atoms with Gasteiger partial charge >= 0.3 is 0 Å². The molecule has 17 heavy (non-hydrogen) atoms. The van der Waals surface area contributed by atoms with E-state index in [9.17, 15) is 4.79 Å². The van der Waals surface area contributed by atoms with E-state index >= 15 is 0 Å². The van der Waals surface area contributed by atoms with Crippen LogP contribution in [-0.4, -0.2) is 19.3 Å². The van der Waals surface area contributed by atoms with Crippen molar-refractivity contribution in [2.24, 2.45) is 7.05 Å². The zero-order chi connectivity index (χ0) is 12.3. The first kappa shape index (κ1) is 11.8. The molecule has 0 saturated heterocycles. The molecule has 0 saturated carbocycles. The van der Waals surface area contributed by atoms with Crippen LogP contribution in [-0.2, 0) is 13.6 Å². The van der Waals surface area contributed by atoms with Gasteiger partial charge in [0.15, 0.2) is 5.65 Å². The van der Waals surface area contributed by atoms with Gasteiger partial charge in [-0.1, -0.05) is 26.2 Å². The SMILES string of the molecule is CCCCCCn1cnc2c(cnn2C)c1=O. The van der Waals surface area contributed by atoms with Gasteiger partial charge in [-0.2, -0.15) is 5.10 Å². The molecule has 0 amide bonds. The standard InChI is InChI=1S/C12H18N4O/c1-3-4-5-6-7-16-9-13-11-10(12(16)17)8-14-15(11)2/h8-9H,3-7H2,1-2H3. The number of hydrogen-bond donors (Lipinski definition) is 0. The van der Waals surface area contributed by atoms with Crippen LogP contribution in [0, 0.1) is 0 Å². The molecule has 0 atom stereocenters. The predicted molar refractivity (Wildman–Crippen MR) is 66.9 cm³/mol. The van der Waals surface area contributed by atoms with E-state index in [0.29, 0.717) is 11.0 Å². The van der Waals surface area contributed by atoms with Crippen molar-refractivity contribution < 1.29 is 0 Å². The topological polar surface area (TPSA) is 52.7 Å². The quantitative estimate of drug-likeness (QED) is 0.740. The maximum atomic E-state index is 12.1. The molecule has 2 heterocycles. The molecule has 5 heteroatoms. The first-order valence-electron chi connectivity index (χ1n) is 6.11. The van der Waals surface area contributed by atoms with Gasteiger partial charge in [-0.15, -0.1) is 0 Å². The summed E-state index contributed by atoms with van der Waals surface area (Å²) < 4.78 is 3.30. The van der Waals surface area contributed by atoms with E-state index in [1.54, 1.807) is 28.8 Å². The minimum atomic E-state index is 0.0135. The summed E-state index contributed by atoms with van der Waals surface area (Å²) in [6.07, 6.45) is 7.83. The van der Waals surface area contributed by atoms with E-state index in [1.165, 1.54) is 12.8 Å². The number of rotatable bonds is 5. The van der Waals surface area contributed by atoms with Crippen LogP contribution in [0.3, 0.4) is 0 Å². The van der Waals surface area contributed by atoms with Gasteiger partial charge in [-0.3, -0.25) is 14.0 Å². The van der Waals surface area contributed by atoms with E-state index in [-0.39, 0.29) is 5.56 Å². The smallest absolute Gasteiger partial charge is 0.264 e. The molecule has 0 aliphatic heterocycles. The van der Waals surface area contributed by atoms with Gasteiger partial charge in [0, 0.05) is 13.6 Å². The van der Waals surface area contributed by atoms with Crippen LogP contribution in [0.1, 0.15) is 32.6 Å². The second kappa shape index (κ2) is 5.12. The molecule has 0 bridgehead atoms. The molecule has 5 nitrogen and oxygen atoms in total. The van der Waals surface area contributed by atoms with Crippen molar-refractivity contribution in [2.45, 2.75) is 39.2 Å². The van der Waals surface area contributed by atoms with Crippen molar-refractivity contribution in [1.82, 2.24) is 19.3 Å². The molecule has 0 spiro atoms. The van der Waals surface area contributed by atoms with E-state index in [2.05, 4.69) is 17.0 Å². The summed E-state index contributed by atoms with van der Waals surface area (Å²) in [5.41, 5.74) is 0.666. The monoisotopic (exact) mass is 234 g/mol. The highest BCUT2D eigenvalue weighted by molar-refractivity contribution is 5.72. The van der Waals surface area contributed by atoms with Crippen LogP contribution in [0.5, 0.6) is 0 Å². The maximum absolute atomic E-state index is 12.1. The van der Waals surface area contributed by atoms with Gasteiger partial charge in [-0.25, -0.2) is 4.98 Å². The summed E-state index contributed by atoms with van der Waals surface area (Å²) in [7, 11) is 1.79. The van der Waals surface area contributed by atoms with Crippen LogP contribution in [0.2, 0.25) is 0 Å². The molecule has 2 aromatic rings. The van der Waals surface area contributed by atoms with E-state index in [0.717, 1.165) is 19.4 Å². The Morgan fingerprint density at radius 1 is 1.29 bits per heavy atom. The van der Waals surface area contributed by atoms with Gasteiger partial charge in [0.2, 0.25) is 0 Å². The zero-order valence-corrected chi connectivity index (χ0v) is 10.4. The zero-order valence-electron chi connectivity index (χ0n) is 10.4. The molecule has 0 radical (unpaired) electrons. The predicted octanol–water partition coefficient (Wildman–Crippen LogP) is 1.71. The summed E-state index contributed by atoms with van der Waals surface area (Å²) in [6, 6.07) is 0. The van der Waals surface area contributed by atoms with Crippen LogP contribution in [0.25, 0.3) is 11.0 Å². The van der Waals surface area contributed by atoms with Crippen LogP contribution in [0.4, 0.5) is 0 Å². The Hall–Kier alpha value is -1.65. The minimum absolute atomic E-state index is 0.0135. The summed E-state index contributed by atoms with van der Waals surface area (Å²) in [5, 5.41) is 4.65. The highest BCUT2D eigenvalue weighted by Gasteiger charge is 2.07. The molecule has 0 aromatic carbocycles. The molecule has 2 aromatic heterocycles.